The van der Waals surface area contributed by atoms with Crippen LogP contribution in [-0.4, -0.2) is 45.4 Å². The van der Waals surface area contributed by atoms with E-state index in [1.807, 2.05) is 0 Å². The summed E-state index contributed by atoms with van der Waals surface area (Å²) in [4.78, 5) is 13.9. The van der Waals surface area contributed by atoms with Crippen LogP contribution < -0.4 is 0 Å². The van der Waals surface area contributed by atoms with Crippen molar-refractivity contribution < 1.29 is 18.7 Å². The standard InChI is InChI=1S/C17H19F2N3O2/c1-21(10-11-4-2-7-15(11)23)17(24)14-8-9-22(20-14)16-12(18)5-3-6-13(16)19/h3,5-6,8-9,11,15,23H,2,4,7,10H2,1H3. The highest BCUT2D eigenvalue weighted by molar-refractivity contribution is 5.92. The molecule has 2 atom stereocenters. The number of hydrogen-bond acceptors (Lipinski definition) is 3. The van der Waals surface area contributed by atoms with E-state index in [1.165, 1.54) is 23.2 Å². The first kappa shape index (κ1) is 16.6. The molecule has 0 saturated heterocycles. The third kappa shape index (κ3) is 3.17. The van der Waals surface area contributed by atoms with E-state index in [-0.39, 0.29) is 29.3 Å². The number of rotatable bonds is 4. The highest BCUT2D eigenvalue weighted by Crippen LogP contribution is 2.26. The maximum absolute atomic E-state index is 13.8. The van der Waals surface area contributed by atoms with Gasteiger partial charge < -0.3 is 10.0 Å². The number of benzene rings is 1. The lowest BCUT2D eigenvalue weighted by Crippen LogP contribution is -2.34. The van der Waals surface area contributed by atoms with Crippen LogP contribution >= 0.6 is 0 Å². The molecule has 0 radical (unpaired) electrons. The van der Waals surface area contributed by atoms with Crippen LogP contribution in [0.1, 0.15) is 29.8 Å². The van der Waals surface area contributed by atoms with Gasteiger partial charge in [-0.1, -0.05) is 12.5 Å². The second-order valence-corrected chi connectivity index (χ2v) is 6.16. The Morgan fingerprint density at radius 1 is 1.33 bits per heavy atom. The first-order valence-electron chi connectivity index (χ1n) is 7.91. The van der Waals surface area contributed by atoms with Gasteiger partial charge in [0.25, 0.3) is 5.91 Å². The largest absolute Gasteiger partial charge is 0.393 e. The molecule has 0 aliphatic heterocycles. The maximum atomic E-state index is 13.8. The lowest BCUT2D eigenvalue weighted by atomic mass is 10.1. The first-order chi connectivity index (χ1) is 11.5. The van der Waals surface area contributed by atoms with Gasteiger partial charge in [0.1, 0.15) is 5.69 Å². The van der Waals surface area contributed by atoms with Gasteiger partial charge in [-0.25, -0.2) is 13.5 Å². The Kier molecular flexibility index (Phi) is 4.62. The van der Waals surface area contributed by atoms with Crippen molar-refractivity contribution in [3.8, 4) is 5.69 Å². The molecule has 1 N–H and O–H groups in total. The summed E-state index contributed by atoms with van der Waals surface area (Å²) in [5.74, 6) is -1.78. The number of amides is 1. The van der Waals surface area contributed by atoms with E-state index in [9.17, 15) is 18.7 Å². The minimum Gasteiger partial charge on any atom is -0.393 e. The summed E-state index contributed by atoms with van der Waals surface area (Å²) in [6.07, 6.45) is 3.56. The zero-order chi connectivity index (χ0) is 17.3. The lowest BCUT2D eigenvalue weighted by Gasteiger charge is -2.22. The zero-order valence-electron chi connectivity index (χ0n) is 13.3. The monoisotopic (exact) mass is 335 g/mol. The smallest absolute Gasteiger partial charge is 0.274 e. The van der Waals surface area contributed by atoms with Crippen molar-refractivity contribution in [3.63, 3.8) is 0 Å². The Morgan fingerprint density at radius 3 is 2.67 bits per heavy atom. The molecule has 1 aromatic carbocycles. The molecule has 3 rings (SSSR count). The number of hydrogen-bond donors (Lipinski definition) is 1. The molecule has 1 fully saturated rings. The zero-order valence-corrected chi connectivity index (χ0v) is 13.3. The quantitative estimate of drug-likeness (QED) is 0.933. The summed E-state index contributed by atoms with van der Waals surface area (Å²) in [7, 11) is 1.63. The van der Waals surface area contributed by atoms with Crippen molar-refractivity contribution in [2.45, 2.75) is 25.4 Å². The van der Waals surface area contributed by atoms with E-state index < -0.39 is 11.6 Å². The van der Waals surface area contributed by atoms with Crippen LogP contribution in [0.5, 0.6) is 0 Å². The molecule has 7 heteroatoms. The minimum atomic E-state index is -0.750. The van der Waals surface area contributed by atoms with Crippen molar-refractivity contribution in [3.05, 3.63) is 47.8 Å². The van der Waals surface area contributed by atoms with Crippen LogP contribution in [0.3, 0.4) is 0 Å². The van der Waals surface area contributed by atoms with E-state index >= 15 is 0 Å². The molecule has 1 heterocycles. The summed E-state index contributed by atoms with van der Waals surface area (Å²) in [5, 5.41) is 13.9. The molecule has 0 spiro atoms. The predicted octanol–water partition coefficient (Wildman–Crippen LogP) is 2.38. The normalized spacial score (nSPS) is 20.3. The topological polar surface area (TPSA) is 58.4 Å². The third-order valence-corrected chi connectivity index (χ3v) is 4.45. The molecule has 2 aromatic rings. The first-order valence-corrected chi connectivity index (χ1v) is 7.91. The number of carbonyl (C=O) groups excluding carboxylic acids is 1. The van der Waals surface area contributed by atoms with Gasteiger partial charge in [-0.15, -0.1) is 0 Å². The van der Waals surface area contributed by atoms with Crippen LogP contribution in [0.2, 0.25) is 0 Å². The van der Waals surface area contributed by atoms with Crippen LogP contribution in [0.15, 0.2) is 30.5 Å². The summed E-state index contributed by atoms with van der Waals surface area (Å²) in [6.45, 7) is 0.431. The van der Waals surface area contributed by atoms with Crippen molar-refractivity contribution in [2.24, 2.45) is 5.92 Å². The Hall–Kier alpha value is -2.28. The van der Waals surface area contributed by atoms with Gasteiger partial charge in [0, 0.05) is 25.7 Å². The van der Waals surface area contributed by atoms with Gasteiger partial charge in [0.05, 0.1) is 6.10 Å². The van der Waals surface area contributed by atoms with Crippen molar-refractivity contribution in [2.75, 3.05) is 13.6 Å². The summed E-state index contributed by atoms with van der Waals surface area (Å²) in [6, 6.07) is 4.96. The highest BCUT2D eigenvalue weighted by atomic mass is 19.1. The Labute approximate surface area is 138 Å². The fourth-order valence-corrected chi connectivity index (χ4v) is 3.13. The average Bonchev–Trinajstić information content (AvgIpc) is 3.16. The number of aliphatic hydroxyl groups excluding tert-OH is 1. The number of nitrogens with zero attached hydrogens (tertiary/aromatic N) is 3. The van der Waals surface area contributed by atoms with Crippen LogP contribution in [-0.2, 0) is 0 Å². The fourth-order valence-electron chi connectivity index (χ4n) is 3.13. The fraction of sp³-hybridized carbons (Fsp3) is 0.412. The van der Waals surface area contributed by atoms with Gasteiger partial charge in [-0.2, -0.15) is 5.10 Å². The van der Waals surface area contributed by atoms with Crippen molar-refractivity contribution in [1.29, 1.82) is 0 Å². The summed E-state index contributed by atoms with van der Waals surface area (Å²) in [5.41, 5.74) is -0.210. The molecule has 1 saturated carbocycles. The second kappa shape index (κ2) is 6.68. The van der Waals surface area contributed by atoms with Gasteiger partial charge >= 0.3 is 0 Å². The van der Waals surface area contributed by atoms with Crippen LogP contribution in [0.4, 0.5) is 8.78 Å². The molecule has 2 unspecified atom stereocenters. The van der Waals surface area contributed by atoms with Crippen LogP contribution in [0.25, 0.3) is 5.69 Å². The SMILES string of the molecule is CN(CC1CCCC1O)C(=O)c1ccn(-c2c(F)cccc2F)n1. The van der Waals surface area contributed by atoms with Gasteiger partial charge in [-0.05, 0) is 31.0 Å². The number of halogens is 2. The Morgan fingerprint density at radius 2 is 2.04 bits per heavy atom. The molecule has 5 nitrogen and oxygen atoms in total. The maximum Gasteiger partial charge on any atom is 0.274 e. The minimum absolute atomic E-state index is 0.0602. The third-order valence-electron chi connectivity index (χ3n) is 4.45. The number of aromatic nitrogens is 2. The molecule has 0 bridgehead atoms. The Balaban J connectivity index is 1.76. The molecule has 1 aliphatic rings. The average molecular weight is 335 g/mol. The number of carbonyl (C=O) groups is 1. The van der Waals surface area contributed by atoms with Gasteiger partial charge in [0.15, 0.2) is 17.3 Å². The summed E-state index contributed by atoms with van der Waals surface area (Å²) < 4.78 is 28.6. The van der Waals surface area contributed by atoms with Crippen molar-refractivity contribution in [1.82, 2.24) is 14.7 Å². The van der Waals surface area contributed by atoms with E-state index in [4.69, 9.17) is 0 Å². The van der Waals surface area contributed by atoms with Gasteiger partial charge in [-0.3, -0.25) is 4.79 Å². The molecule has 128 valence electrons. The van der Waals surface area contributed by atoms with Crippen LogP contribution in [0, 0.1) is 17.6 Å². The lowest BCUT2D eigenvalue weighted by molar-refractivity contribution is 0.0688. The predicted molar refractivity (Wildman–Crippen MR) is 83.8 cm³/mol. The number of para-hydroxylation sites is 1. The van der Waals surface area contributed by atoms with E-state index in [0.29, 0.717) is 6.54 Å². The van der Waals surface area contributed by atoms with E-state index in [2.05, 4.69) is 5.10 Å². The molecule has 1 aliphatic carbocycles. The van der Waals surface area contributed by atoms with Gasteiger partial charge in [0.2, 0.25) is 0 Å². The molecular weight excluding hydrogens is 316 g/mol. The highest BCUT2D eigenvalue weighted by Gasteiger charge is 2.28. The second-order valence-electron chi connectivity index (χ2n) is 6.16. The van der Waals surface area contributed by atoms with Crippen molar-refractivity contribution >= 4 is 5.91 Å². The Bertz CT molecular complexity index is 727. The molecule has 1 amide bonds. The molecule has 1 aromatic heterocycles. The molecular formula is C17H19F2N3O2. The molecule has 24 heavy (non-hydrogen) atoms. The number of aliphatic hydroxyl groups is 1. The van der Waals surface area contributed by atoms with E-state index in [1.54, 1.807) is 7.05 Å². The summed E-state index contributed by atoms with van der Waals surface area (Å²) >= 11 is 0. The van der Waals surface area contributed by atoms with E-state index in [0.717, 1.165) is 36.1 Å².